The normalized spacial score (nSPS) is 18.3. The highest BCUT2D eigenvalue weighted by Gasteiger charge is 2.39. The highest BCUT2D eigenvalue weighted by molar-refractivity contribution is 5.90. The fourth-order valence-electron chi connectivity index (χ4n) is 6.63. The Morgan fingerprint density at radius 3 is 2.60 bits per heavy atom. The van der Waals surface area contributed by atoms with Crippen LogP contribution >= 0.6 is 0 Å². The van der Waals surface area contributed by atoms with E-state index in [1.54, 1.807) is 29.3 Å². The number of aromatic amines is 2. The van der Waals surface area contributed by atoms with Crippen LogP contribution in [0.3, 0.4) is 0 Å². The molecule has 0 aliphatic carbocycles. The topological polar surface area (TPSA) is 102 Å². The van der Waals surface area contributed by atoms with Crippen LogP contribution in [-0.4, -0.2) is 62.6 Å². The summed E-state index contributed by atoms with van der Waals surface area (Å²) in [5.74, 6) is -2.59. The number of aryl methyl sites for hydroxylation is 1. The quantitative estimate of drug-likeness (QED) is 0.318. The Hall–Kier alpha value is -4.22. The highest BCUT2D eigenvalue weighted by Crippen LogP contribution is 2.35. The van der Waals surface area contributed by atoms with Crippen LogP contribution in [0.25, 0.3) is 21.8 Å². The lowest BCUT2D eigenvalue weighted by Crippen LogP contribution is -2.44. The van der Waals surface area contributed by atoms with E-state index in [-0.39, 0.29) is 42.3 Å². The molecule has 1 unspecified atom stereocenters. The molecule has 0 spiro atoms. The largest absolute Gasteiger partial charge is 0.406 e. The molecule has 2 aromatic carbocycles. The average molecular weight is 598 g/mol. The first-order valence-corrected chi connectivity index (χ1v) is 14.4. The van der Waals surface area contributed by atoms with Crippen LogP contribution < -0.4 is 5.56 Å². The fourth-order valence-corrected chi connectivity index (χ4v) is 6.63. The number of hydrogen-bond donors (Lipinski definition) is 2. The maximum atomic E-state index is 14.1. The third-order valence-electron chi connectivity index (χ3n) is 8.81. The van der Waals surface area contributed by atoms with Gasteiger partial charge in [-0.25, -0.2) is 4.39 Å². The number of alkyl halides is 3. The number of benzene rings is 2. The number of halogens is 4. The third-order valence-corrected chi connectivity index (χ3v) is 8.81. The average Bonchev–Trinajstić information content (AvgIpc) is 3.42. The zero-order valence-corrected chi connectivity index (χ0v) is 23.6. The van der Waals surface area contributed by atoms with E-state index >= 15 is 0 Å². The van der Waals surface area contributed by atoms with Gasteiger partial charge in [0.1, 0.15) is 12.4 Å². The molecule has 12 heteroatoms. The Labute approximate surface area is 244 Å². The summed E-state index contributed by atoms with van der Waals surface area (Å²) in [5.41, 5.74) is 3.38. The molecule has 1 atom stereocenters. The first kappa shape index (κ1) is 28.9. The third kappa shape index (κ3) is 5.62. The van der Waals surface area contributed by atoms with Crippen LogP contribution in [0.15, 0.2) is 41.3 Å². The van der Waals surface area contributed by atoms with Crippen LogP contribution in [0.2, 0.25) is 0 Å². The van der Waals surface area contributed by atoms with E-state index in [0.29, 0.717) is 54.3 Å². The molecule has 2 aliphatic rings. The minimum absolute atomic E-state index is 0.140. The van der Waals surface area contributed by atoms with E-state index < -0.39 is 30.4 Å². The van der Waals surface area contributed by atoms with Crippen molar-refractivity contribution in [1.82, 2.24) is 25.0 Å². The lowest BCUT2D eigenvalue weighted by atomic mass is 9.88. The number of H-pyrrole nitrogens is 2. The van der Waals surface area contributed by atoms with Crippen LogP contribution in [-0.2, 0) is 29.0 Å². The van der Waals surface area contributed by atoms with Gasteiger partial charge < -0.3 is 14.8 Å². The summed E-state index contributed by atoms with van der Waals surface area (Å²) in [4.78, 5) is 44.8. The van der Waals surface area contributed by atoms with Gasteiger partial charge in [0, 0.05) is 42.4 Å². The molecule has 6 rings (SSSR count). The number of amides is 2. The van der Waals surface area contributed by atoms with Crippen molar-refractivity contribution in [2.75, 3.05) is 19.6 Å². The molecular formula is C31H31F4N5O3. The van der Waals surface area contributed by atoms with Gasteiger partial charge in [-0.1, -0.05) is 25.1 Å². The molecule has 1 saturated heterocycles. The molecular weight excluding hydrogens is 566 g/mol. The molecule has 43 heavy (non-hydrogen) atoms. The number of pyridine rings is 1. The number of carbonyl (C=O) groups is 2. The number of rotatable bonds is 5. The van der Waals surface area contributed by atoms with E-state index in [1.807, 2.05) is 13.0 Å². The molecule has 0 bridgehead atoms. The Balaban J connectivity index is 1.21. The predicted octanol–water partition coefficient (Wildman–Crippen LogP) is 4.97. The number of para-hydroxylation sites is 1. The molecule has 0 radical (unpaired) electrons. The lowest BCUT2D eigenvalue weighted by molar-refractivity contribution is -0.165. The number of aromatic nitrogens is 3. The van der Waals surface area contributed by atoms with Gasteiger partial charge in [0.25, 0.3) is 5.56 Å². The van der Waals surface area contributed by atoms with Crippen molar-refractivity contribution in [2.24, 2.45) is 5.92 Å². The molecule has 0 saturated carbocycles. The number of piperidine rings is 1. The van der Waals surface area contributed by atoms with E-state index in [2.05, 4.69) is 15.2 Å². The van der Waals surface area contributed by atoms with Crippen molar-refractivity contribution in [1.29, 1.82) is 0 Å². The second-order valence-electron chi connectivity index (χ2n) is 11.5. The predicted molar refractivity (Wildman–Crippen MR) is 152 cm³/mol. The number of likely N-dealkylation sites (tertiary alicyclic amines) is 1. The molecule has 226 valence electrons. The maximum absolute atomic E-state index is 14.1. The van der Waals surface area contributed by atoms with Gasteiger partial charge in [0.15, 0.2) is 0 Å². The van der Waals surface area contributed by atoms with Crippen molar-refractivity contribution in [3.63, 3.8) is 0 Å². The zero-order chi connectivity index (χ0) is 30.5. The molecule has 2 N–H and O–H groups in total. The summed E-state index contributed by atoms with van der Waals surface area (Å²) in [6.07, 6.45) is -1.41. The highest BCUT2D eigenvalue weighted by atomic mass is 19.4. The summed E-state index contributed by atoms with van der Waals surface area (Å²) in [6, 6.07) is 8.18. The fraction of sp³-hybridized carbons (Fsp3) is 0.419. The smallest absolute Gasteiger partial charge is 0.343 e. The zero-order valence-electron chi connectivity index (χ0n) is 23.6. The Morgan fingerprint density at radius 1 is 1.12 bits per heavy atom. The maximum Gasteiger partial charge on any atom is 0.406 e. The molecule has 2 aromatic heterocycles. The Kier molecular flexibility index (Phi) is 7.47. The summed E-state index contributed by atoms with van der Waals surface area (Å²) < 4.78 is 54.8. The van der Waals surface area contributed by atoms with Gasteiger partial charge >= 0.3 is 6.18 Å². The van der Waals surface area contributed by atoms with E-state index in [0.717, 1.165) is 21.5 Å². The number of hydrogen-bond acceptors (Lipinski definition) is 4. The standard InChI is InChI=1S/C31H31F4N5O3/c1-2-17-10-20-11-21(30(43)40(16-31(33,34)35)15-24(20)23-14-36-38-27(17)23)13-26(41)39-8-6-18(7-9-39)22-12-19-4-3-5-25(32)28(19)37-29(22)42/h3-5,10,12,14,18,21H,2,6-9,11,13,15-16H2,1H3,(H,36,38)(H,37,42). The van der Waals surface area contributed by atoms with Crippen molar-refractivity contribution >= 4 is 33.6 Å². The van der Waals surface area contributed by atoms with Gasteiger partial charge in [0.05, 0.1) is 23.1 Å². The number of fused-ring (bicyclic) bond motifs is 4. The molecule has 4 aromatic rings. The van der Waals surface area contributed by atoms with Crippen molar-refractivity contribution in [2.45, 2.75) is 57.7 Å². The van der Waals surface area contributed by atoms with Gasteiger partial charge in [-0.2, -0.15) is 18.3 Å². The van der Waals surface area contributed by atoms with Gasteiger partial charge in [-0.05, 0) is 60.4 Å². The number of nitrogens with one attached hydrogen (secondary N) is 2. The van der Waals surface area contributed by atoms with E-state index in [4.69, 9.17) is 0 Å². The van der Waals surface area contributed by atoms with Crippen LogP contribution in [0, 0.1) is 11.7 Å². The molecule has 1 fully saturated rings. The molecule has 4 heterocycles. The minimum Gasteiger partial charge on any atom is -0.343 e. The van der Waals surface area contributed by atoms with Gasteiger partial charge in [0.2, 0.25) is 11.8 Å². The molecule has 8 nitrogen and oxygen atoms in total. The summed E-state index contributed by atoms with van der Waals surface area (Å²) in [7, 11) is 0. The molecule has 2 aliphatic heterocycles. The van der Waals surface area contributed by atoms with Crippen molar-refractivity contribution in [3.8, 4) is 0 Å². The second kappa shape index (κ2) is 11.1. The lowest BCUT2D eigenvalue weighted by Gasteiger charge is -2.33. The Morgan fingerprint density at radius 2 is 1.88 bits per heavy atom. The number of nitrogens with zero attached hydrogens (tertiary/aromatic N) is 3. The molecule has 2 amide bonds. The van der Waals surface area contributed by atoms with Gasteiger partial charge in [-0.3, -0.25) is 19.5 Å². The first-order valence-electron chi connectivity index (χ1n) is 14.4. The van der Waals surface area contributed by atoms with E-state index in [9.17, 15) is 31.9 Å². The van der Waals surface area contributed by atoms with Crippen molar-refractivity contribution in [3.05, 3.63) is 75.0 Å². The monoisotopic (exact) mass is 597 g/mol. The van der Waals surface area contributed by atoms with Crippen molar-refractivity contribution < 1.29 is 27.2 Å². The Bertz CT molecular complexity index is 1770. The van der Waals surface area contributed by atoms with Crippen LogP contribution in [0.1, 0.15) is 54.4 Å². The SMILES string of the molecule is CCc1cc2c(c3cn[nH]c13)CN(CC(F)(F)F)C(=O)C(CC(=O)N1CCC(c3cc4cccc(F)c4[nH]c3=O)CC1)C2. The van der Waals surface area contributed by atoms with Crippen LogP contribution in [0.4, 0.5) is 17.6 Å². The second-order valence-corrected chi connectivity index (χ2v) is 11.5. The summed E-state index contributed by atoms with van der Waals surface area (Å²) >= 11 is 0. The minimum atomic E-state index is -4.60. The van der Waals surface area contributed by atoms with Crippen LogP contribution in [0.5, 0.6) is 0 Å². The number of carbonyl (C=O) groups excluding carboxylic acids is 2. The first-order chi connectivity index (χ1) is 20.5. The summed E-state index contributed by atoms with van der Waals surface area (Å²) in [5, 5.41) is 8.30. The summed E-state index contributed by atoms with van der Waals surface area (Å²) in [6.45, 7) is 1.02. The van der Waals surface area contributed by atoms with E-state index in [1.165, 1.54) is 6.07 Å². The van der Waals surface area contributed by atoms with Gasteiger partial charge in [-0.15, -0.1) is 0 Å².